The van der Waals surface area contributed by atoms with E-state index in [1.807, 2.05) is 21.1 Å². The number of ether oxygens (including phenoxy) is 1. The molecule has 1 heterocycles. The molecule has 0 unspecified atom stereocenters. The number of carbonyl (C=O) groups is 2. The van der Waals surface area contributed by atoms with E-state index in [4.69, 9.17) is 22.1 Å². The van der Waals surface area contributed by atoms with E-state index in [0.717, 1.165) is 12.1 Å². The number of nitrogens with one attached hydrogen (secondary N) is 2. The summed E-state index contributed by atoms with van der Waals surface area (Å²) in [7, 11) is -4.15. The minimum absolute atomic E-state index is 0.0153. The van der Waals surface area contributed by atoms with Crippen molar-refractivity contribution in [2.75, 3.05) is 50.7 Å². The molecule has 0 atom stereocenters. The normalized spacial score (nSPS) is 13.1. The first-order chi connectivity index (χ1) is 21.8. The van der Waals surface area contributed by atoms with Gasteiger partial charge in [-0.1, -0.05) is 24.3 Å². The van der Waals surface area contributed by atoms with Gasteiger partial charge in [-0.05, 0) is 35.9 Å². The van der Waals surface area contributed by atoms with Crippen LogP contribution in [0, 0.1) is 0 Å². The maximum absolute atomic E-state index is 13.6. The Kier molecular flexibility index (Phi) is 8.69. The van der Waals surface area contributed by atoms with E-state index >= 15 is 0 Å². The molecule has 1 aromatic heterocycles. The van der Waals surface area contributed by atoms with Crippen molar-refractivity contribution < 1.29 is 44.8 Å². The number of nitrogens with zero attached hydrogens (tertiary/aromatic N) is 4. The molecular formula is C28H27ClN7O9S2+. The highest BCUT2D eigenvalue weighted by Gasteiger charge is 2.37. The van der Waals surface area contributed by atoms with Gasteiger partial charge < -0.3 is 25.6 Å². The molecule has 19 heteroatoms. The van der Waals surface area contributed by atoms with Crippen molar-refractivity contribution in [1.82, 2.24) is 15.0 Å². The largest absolute Gasteiger partial charge is 0.457 e. The van der Waals surface area contributed by atoms with Crippen LogP contribution in [0.1, 0.15) is 31.8 Å². The molecule has 0 radical (unpaired) electrons. The van der Waals surface area contributed by atoms with Gasteiger partial charge in [0.15, 0.2) is 11.6 Å². The zero-order valence-corrected chi connectivity index (χ0v) is 27.2. The SMILES string of the molecule is C[N+](C)(C)CCOc1nc(Cl)nc(Nc2ccc(Nc3cc(S(=O)(=O)O)c(N)c4c3C(=O)c3ccccc3C4=O)c(S(=O)(=O)O)c2)n1. The van der Waals surface area contributed by atoms with Crippen LogP contribution < -0.4 is 21.1 Å². The van der Waals surface area contributed by atoms with E-state index in [9.17, 15) is 35.5 Å². The molecule has 47 heavy (non-hydrogen) atoms. The standard InChI is InChI=1S/C28H26ClN7O9S2/c1-36(2,3)10-11-45-28-34-26(29)33-27(35-28)31-14-8-9-17(19(12-14)46(39,40)41)32-18-13-20(47(42,43)44)23(30)22-21(18)24(37)15-6-4-5-7-16(15)25(22)38/h4-9,12-13H,10-11H2,1-3H3,(H5-,30,31,32,33,34,35,37,38,39,40,41,42,43,44)/p+1. The van der Waals surface area contributed by atoms with E-state index in [2.05, 4.69) is 25.6 Å². The summed E-state index contributed by atoms with van der Waals surface area (Å²) in [5, 5.41) is 5.14. The van der Waals surface area contributed by atoms with Crippen molar-refractivity contribution in [3.8, 4) is 6.01 Å². The molecule has 246 valence electrons. The predicted octanol–water partition coefficient (Wildman–Crippen LogP) is 2.95. The van der Waals surface area contributed by atoms with Crippen molar-refractivity contribution in [3.05, 3.63) is 76.1 Å². The second-order valence-electron chi connectivity index (χ2n) is 11.3. The number of aromatic nitrogens is 3. The van der Waals surface area contributed by atoms with Gasteiger partial charge in [-0.25, -0.2) is 0 Å². The zero-order chi connectivity index (χ0) is 34.5. The molecule has 0 saturated carbocycles. The van der Waals surface area contributed by atoms with Crippen molar-refractivity contribution in [3.63, 3.8) is 0 Å². The Hall–Kier alpha value is -4.72. The Bertz CT molecular complexity index is 2190. The van der Waals surface area contributed by atoms with Gasteiger partial charge in [0.2, 0.25) is 11.2 Å². The number of anilines is 5. The topological polar surface area (TPSA) is 241 Å². The van der Waals surface area contributed by atoms with Gasteiger partial charge in [0, 0.05) is 16.8 Å². The summed E-state index contributed by atoms with van der Waals surface area (Å²) in [6.45, 7) is 0.873. The van der Waals surface area contributed by atoms with E-state index in [-0.39, 0.29) is 57.6 Å². The third-order valence-electron chi connectivity index (χ3n) is 6.84. The molecule has 0 fully saturated rings. The first kappa shape index (κ1) is 33.6. The third-order valence-corrected chi connectivity index (χ3v) is 8.80. The summed E-state index contributed by atoms with van der Waals surface area (Å²) < 4.78 is 75.7. The van der Waals surface area contributed by atoms with Crippen LogP contribution in [0.2, 0.25) is 5.28 Å². The molecule has 0 aliphatic heterocycles. The molecule has 1 aliphatic carbocycles. The monoisotopic (exact) mass is 704 g/mol. The Morgan fingerprint density at radius 2 is 1.45 bits per heavy atom. The average Bonchev–Trinajstić information content (AvgIpc) is 2.95. The Morgan fingerprint density at radius 1 is 0.830 bits per heavy atom. The Morgan fingerprint density at radius 3 is 2.04 bits per heavy atom. The summed E-state index contributed by atoms with van der Waals surface area (Å²) in [6.07, 6.45) is 0. The van der Waals surface area contributed by atoms with Crippen LogP contribution >= 0.6 is 11.6 Å². The Balaban J connectivity index is 1.56. The molecule has 3 aromatic carbocycles. The van der Waals surface area contributed by atoms with Crippen molar-refractivity contribution in [2.45, 2.75) is 9.79 Å². The number of fused-ring (bicyclic) bond motifs is 2. The number of likely N-dealkylation sites (N-methyl/N-ethyl adjacent to an activating group) is 1. The molecule has 0 bridgehead atoms. The van der Waals surface area contributed by atoms with Gasteiger partial charge in [-0.15, -0.1) is 0 Å². The second-order valence-corrected chi connectivity index (χ2v) is 14.4. The van der Waals surface area contributed by atoms with Crippen LogP contribution in [0.15, 0.2) is 58.3 Å². The molecule has 1 aliphatic rings. The average molecular weight is 705 g/mol. The quantitative estimate of drug-likeness (QED) is 0.0797. The summed E-state index contributed by atoms with van der Waals surface area (Å²) in [5.74, 6) is -1.66. The lowest BCUT2D eigenvalue weighted by atomic mass is 9.82. The summed E-state index contributed by atoms with van der Waals surface area (Å²) in [4.78, 5) is 37.4. The smallest absolute Gasteiger partial charge is 0.322 e. The minimum Gasteiger partial charge on any atom is -0.457 e. The molecular weight excluding hydrogens is 678 g/mol. The second kappa shape index (κ2) is 12.1. The van der Waals surface area contributed by atoms with Gasteiger partial charge in [0.1, 0.15) is 22.9 Å². The number of nitrogen functional groups attached to an aromatic ring is 1. The number of carbonyl (C=O) groups excluding carboxylic acids is 2. The number of nitrogens with two attached hydrogens (primary N) is 1. The van der Waals surface area contributed by atoms with Crippen LogP contribution in [0.3, 0.4) is 0 Å². The van der Waals surface area contributed by atoms with Crippen LogP contribution in [-0.2, 0) is 20.2 Å². The maximum atomic E-state index is 13.6. The van der Waals surface area contributed by atoms with Crippen molar-refractivity contribution >= 4 is 72.1 Å². The van der Waals surface area contributed by atoms with Crippen molar-refractivity contribution in [2.24, 2.45) is 0 Å². The minimum atomic E-state index is -5.05. The number of benzene rings is 3. The zero-order valence-electron chi connectivity index (χ0n) is 24.8. The number of hydrogen-bond acceptors (Lipinski definition) is 13. The number of rotatable bonds is 10. The van der Waals surface area contributed by atoms with E-state index < -0.39 is 52.8 Å². The molecule has 0 spiro atoms. The lowest BCUT2D eigenvalue weighted by Crippen LogP contribution is -2.38. The molecule has 6 N–H and O–H groups in total. The number of quaternary nitrogens is 1. The van der Waals surface area contributed by atoms with E-state index in [1.165, 1.54) is 36.4 Å². The first-order valence-corrected chi connectivity index (χ1v) is 16.7. The van der Waals surface area contributed by atoms with E-state index in [0.29, 0.717) is 11.0 Å². The first-order valence-electron chi connectivity index (χ1n) is 13.5. The van der Waals surface area contributed by atoms with Gasteiger partial charge in [-0.3, -0.25) is 18.7 Å². The molecule has 0 amide bonds. The van der Waals surface area contributed by atoms with Crippen LogP contribution in [0.4, 0.5) is 28.7 Å². The number of ketones is 2. The lowest BCUT2D eigenvalue weighted by Gasteiger charge is -2.24. The number of hydrogen-bond donors (Lipinski definition) is 5. The maximum Gasteiger partial charge on any atom is 0.322 e. The highest BCUT2D eigenvalue weighted by atomic mass is 35.5. The lowest BCUT2D eigenvalue weighted by molar-refractivity contribution is -0.870. The molecule has 0 saturated heterocycles. The predicted molar refractivity (Wildman–Crippen MR) is 170 cm³/mol. The number of halogens is 1. The van der Waals surface area contributed by atoms with Gasteiger partial charge in [0.05, 0.1) is 49.3 Å². The highest BCUT2D eigenvalue weighted by molar-refractivity contribution is 7.86. The van der Waals surface area contributed by atoms with Crippen LogP contribution in [0.25, 0.3) is 0 Å². The van der Waals surface area contributed by atoms with Gasteiger partial charge >= 0.3 is 6.01 Å². The Labute approximate surface area is 273 Å². The van der Waals surface area contributed by atoms with E-state index in [1.54, 1.807) is 0 Å². The third kappa shape index (κ3) is 7.17. The fraction of sp³-hybridized carbons (Fsp3) is 0.179. The molecule has 16 nitrogen and oxygen atoms in total. The summed E-state index contributed by atoms with van der Waals surface area (Å²) in [5.41, 5.74) is 3.69. The summed E-state index contributed by atoms with van der Waals surface area (Å²) >= 11 is 6.02. The molecule has 5 rings (SSSR count). The summed E-state index contributed by atoms with van der Waals surface area (Å²) in [6, 6.07) is 9.93. The fourth-order valence-corrected chi connectivity index (χ4v) is 6.13. The van der Waals surface area contributed by atoms with Crippen LogP contribution in [0.5, 0.6) is 6.01 Å². The fourth-order valence-electron chi connectivity index (χ4n) is 4.66. The van der Waals surface area contributed by atoms with Gasteiger partial charge in [-0.2, -0.15) is 31.8 Å². The van der Waals surface area contributed by atoms with Gasteiger partial charge in [0.25, 0.3) is 20.2 Å². The van der Waals surface area contributed by atoms with Crippen LogP contribution in [-0.4, -0.2) is 91.2 Å². The van der Waals surface area contributed by atoms with Crippen molar-refractivity contribution in [1.29, 1.82) is 0 Å². The highest BCUT2D eigenvalue weighted by Crippen LogP contribution is 2.41. The molecule has 4 aromatic rings.